The highest BCUT2D eigenvalue weighted by molar-refractivity contribution is 7.80. The maximum absolute atomic E-state index is 6.00. The molecule has 126 valence electrons. The summed E-state index contributed by atoms with van der Waals surface area (Å²) in [4.78, 5) is 0. The molecule has 0 fully saturated rings. The van der Waals surface area contributed by atoms with Gasteiger partial charge in [-0.3, -0.25) is 0 Å². The van der Waals surface area contributed by atoms with E-state index in [0.717, 1.165) is 27.4 Å². The normalized spacial score (nSPS) is 10.3. The second-order valence-electron chi connectivity index (χ2n) is 5.79. The van der Waals surface area contributed by atoms with Crippen LogP contribution in [0.1, 0.15) is 11.1 Å². The van der Waals surface area contributed by atoms with Gasteiger partial charge in [0.25, 0.3) is 0 Å². The predicted octanol–water partition coefficient (Wildman–Crippen LogP) is 5.80. The summed E-state index contributed by atoms with van der Waals surface area (Å²) in [6, 6.07) is 24.3. The van der Waals surface area contributed by atoms with Gasteiger partial charge in [-0.1, -0.05) is 66.2 Å². The molecule has 0 radical (unpaired) electrons. The Morgan fingerprint density at radius 1 is 0.960 bits per heavy atom. The molecule has 0 saturated heterocycles. The van der Waals surface area contributed by atoms with E-state index in [1.54, 1.807) is 0 Å². The molecule has 0 aliphatic rings. The number of aryl methyl sites for hydroxylation is 1. The standard InChI is InChI=1S/C21H19ClN2S/c1-15-13-18(22)12-11-17(15)14-23-21(25)24-20-10-6-5-9-19(20)16-7-3-2-4-8-16/h2-13H,14H2,1H3,(H2,23,24,25). The van der Waals surface area contributed by atoms with E-state index in [1.165, 1.54) is 5.56 Å². The van der Waals surface area contributed by atoms with Gasteiger partial charge in [0.1, 0.15) is 0 Å². The summed E-state index contributed by atoms with van der Waals surface area (Å²) in [7, 11) is 0. The van der Waals surface area contributed by atoms with Gasteiger partial charge in [-0.25, -0.2) is 0 Å². The van der Waals surface area contributed by atoms with E-state index in [0.29, 0.717) is 11.7 Å². The van der Waals surface area contributed by atoms with Gasteiger partial charge < -0.3 is 10.6 Å². The molecule has 0 atom stereocenters. The van der Waals surface area contributed by atoms with Crippen molar-refractivity contribution in [2.75, 3.05) is 5.32 Å². The lowest BCUT2D eigenvalue weighted by molar-refractivity contribution is 0.916. The molecule has 25 heavy (non-hydrogen) atoms. The predicted molar refractivity (Wildman–Crippen MR) is 111 cm³/mol. The fourth-order valence-electron chi connectivity index (χ4n) is 2.66. The third-order valence-electron chi connectivity index (χ3n) is 4.00. The van der Waals surface area contributed by atoms with E-state index in [-0.39, 0.29) is 0 Å². The highest BCUT2D eigenvalue weighted by atomic mass is 35.5. The quantitative estimate of drug-likeness (QED) is 0.570. The average Bonchev–Trinajstić information content (AvgIpc) is 2.62. The largest absolute Gasteiger partial charge is 0.358 e. The topological polar surface area (TPSA) is 24.1 Å². The van der Waals surface area contributed by atoms with E-state index in [1.807, 2.05) is 61.5 Å². The van der Waals surface area contributed by atoms with Crippen molar-refractivity contribution < 1.29 is 0 Å². The van der Waals surface area contributed by atoms with Crippen molar-refractivity contribution in [3.05, 3.63) is 88.9 Å². The van der Waals surface area contributed by atoms with Gasteiger partial charge in [-0.05, 0) is 54.0 Å². The maximum atomic E-state index is 6.00. The van der Waals surface area contributed by atoms with Crippen molar-refractivity contribution in [1.82, 2.24) is 5.32 Å². The lowest BCUT2D eigenvalue weighted by atomic mass is 10.0. The molecule has 3 rings (SSSR count). The van der Waals surface area contributed by atoms with Crippen LogP contribution in [0.2, 0.25) is 5.02 Å². The lowest BCUT2D eigenvalue weighted by Gasteiger charge is -2.15. The number of hydrogen-bond acceptors (Lipinski definition) is 1. The molecular formula is C21H19ClN2S. The maximum Gasteiger partial charge on any atom is 0.171 e. The van der Waals surface area contributed by atoms with Crippen LogP contribution in [0.25, 0.3) is 11.1 Å². The number of hydrogen-bond donors (Lipinski definition) is 2. The minimum Gasteiger partial charge on any atom is -0.358 e. The van der Waals surface area contributed by atoms with Gasteiger partial charge in [0.2, 0.25) is 0 Å². The van der Waals surface area contributed by atoms with Crippen LogP contribution in [0.3, 0.4) is 0 Å². The third-order valence-corrected chi connectivity index (χ3v) is 4.49. The summed E-state index contributed by atoms with van der Waals surface area (Å²) < 4.78 is 0. The van der Waals surface area contributed by atoms with Gasteiger partial charge >= 0.3 is 0 Å². The van der Waals surface area contributed by atoms with Crippen molar-refractivity contribution in [2.24, 2.45) is 0 Å². The number of para-hydroxylation sites is 1. The van der Waals surface area contributed by atoms with Crippen LogP contribution in [0.15, 0.2) is 72.8 Å². The Kier molecular flexibility index (Phi) is 5.69. The van der Waals surface area contributed by atoms with Crippen LogP contribution < -0.4 is 10.6 Å². The molecule has 0 aliphatic heterocycles. The Hall–Kier alpha value is -2.36. The fourth-order valence-corrected chi connectivity index (χ4v) is 3.07. The van der Waals surface area contributed by atoms with E-state index in [9.17, 15) is 0 Å². The average molecular weight is 367 g/mol. The van der Waals surface area contributed by atoms with Crippen LogP contribution in [0.4, 0.5) is 5.69 Å². The van der Waals surface area contributed by atoms with Crippen LogP contribution >= 0.6 is 23.8 Å². The molecule has 3 aromatic rings. The molecule has 0 heterocycles. The minimum atomic E-state index is 0.595. The number of thiocarbonyl (C=S) groups is 1. The minimum absolute atomic E-state index is 0.595. The summed E-state index contributed by atoms with van der Waals surface area (Å²) in [5, 5.41) is 7.91. The molecular weight excluding hydrogens is 348 g/mol. The van der Waals surface area contributed by atoms with E-state index >= 15 is 0 Å². The van der Waals surface area contributed by atoms with Crippen LogP contribution in [-0.2, 0) is 6.54 Å². The zero-order valence-electron chi connectivity index (χ0n) is 13.9. The van der Waals surface area contributed by atoms with Gasteiger partial charge in [0, 0.05) is 22.8 Å². The van der Waals surface area contributed by atoms with E-state index < -0.39 is 0 Å². The van der Waals surface area contributed by atoms with E-state index in [4.69, 9.17) is 23.8 Å². The third kappa shape index (κ3) is 4.59. The Morgan fingerprint density at radius 3 is 2.44 bits per heavy atom. The van der Waals surface area contributed by atoms with Crippen molar-refractivity contribution in [2.45, 2.75) is 13.5 Å². The summed E-state index contributed by atoms with van der Waals surface area (Å²) in [6.07, 6.45) is 0. The Bertz CT molecular complexity index is 878. The molecule has 4 heteroatoms. The fraction of sp³-hybridized carbons (Fsp3) is 0.0952. The number of benzene rings is 3. The first-order chi connectivity index (χ1) is 12.1. The lowest BCUT2D eigenvalue weighted by Crippen LogP contribution is -2.28. The Balaban J connectivity index is 1.69. The molecule has 3 aromatic carbocycles. The highest BCUT2D eigenvalue weighted by Crippen LogP contribution is 2.27. The molecule has 0 unspecified atom stereocenters. The van der Waals surface area contributed by atoms with Crippen LogP contribution in [0.5, 0.6) is 0 Å². The van der Waals surface area contributed by atoms with Gasteiger partial charge in [-0.2, -0.15) is 0 Å². The number of nitrogens with one attached hydrogen (secondary N) is 2. The second-order valence-corrected chi connectivity index (χ2v) is 6.63. The van der Waals surface area contributed by atoms with Crippen molar-refractivity contribution >= 4 is 34.6 Å². The van der Waals surface area contributed by atoms with E-state index in [2.05, 4.69) is 28.8 Å². The van der Waals surface area contributed by atoms with Gasteiger partial charge in [0.05, 0.1) is 0 Å². The Labute approximate surface area is 158 Å². The van der Waals surface area contributed by atoms with Crippen molar-refractivity contribution in [1.29, 1.82) is 0 Å². The first kappa shape index (κ1) is 17.5. The van der Waals surface area contributed by atoms with Crippen LogP contribution in [-0.4, -0.2) is 5.11 Å². The summed E-state index contributed by atoms with van der Waals surface area (Å²) in [5.41, 5.74) is 5.58. The number of rotatable bonds is 4. The van der Waals surface area contributed by atoms with Gasteiger partial charge in [0.15, 0.2) is 5.11 Å². The summed E-state index contributed by atoms with van der Waals surface area (Å²) in [5.74, 6) is 0. The van der Waals surface area contributed by atoms with Crippen molar-refractivity contribution in [3.8, 4) is 11.1 Å². The molecule has 0 bridgehead atoms. The number of anilines is 1. The zero-order valence-corrected chi connectivity index (χ0v) is 15.5. The smallest absolute Gasteiger partial charge is 0.171 e. The SMILES string of the molecule is Cc1cc(Cl)ccc1CNC(=S)Nc1ccccc1-c1ccccc1. The van der Waals surface area contributed by atoms with Crippen molar-refractivity contribution in [3.63, 3.8) is 0 Å². The second kappa shape index (κ2) is 8.15. The highest BCUT2D eigenvalue weighted by Gasteiger charge is 2.06. The first-order valence-electron chi connectivity index (χ1n) is 8.08. The van der Waals surface area contributed by atoms with Crippen LogP contribution in [0, 0.1) is 6.92 Å². The first-order valence-corrected chi connectivity index (χ1v) is 8.86. The summed E-state index contributed by atoms with van der Waals surface area (Å²) >= 11 is 11.5. The molecule has 0 amide bonds. The monoisotopic (exact) mass is 366 g/mol. The molecule has 0 aliphatic carbocycles. The number of halogens is 1. The van der Waals surface area contributed by atoms with Gasteiger partial charge in [-0.15, -0.1) is 0 Å². The zero-order chi connectivity index (χ0) is 17.6. The molecule has 2 N–H and O–H groups in total. The molecule has 0 saturated carbocycles. The Morgan fingerprint density at radius 2 is 1.68 bits per heavy atom. The molecule has 0 aromatic heterocycles. The summed E-state index contributed by atoms with van der Waals surface area (Å²) in [6.45, 7) is 2.70. The molecule has 2 nitrogen and oxygen atoms in total. The molecule has 0 spiro atoms.